The third-order valence-electron chi connectivity index (χ3n) is 1.85. The van der Waals surface area contributed by atoms with Crippen molar-refractivity contribution >= 4 is 19.2 Å². The molecular formula is C10H16ClO4P. The highest BCUT2D eigenvalue weighted by molar-refractivity contribution is 7.53. The fraction of sp³-hybridized carbons (Fsp3) is 0.600. The zero-order valence-corrected chi connectivity index (χ0v) is 11.1. The lowest BCUT2D eigenvalue weighted by Gasteiger charge is -2.15. The number of hydrogen-bond acceptors (Lipinski definition) is 4. The Bertz CT molecular complexity index is 353. The lowest BCUT2D eigenvalue weighted by Crippen LogP contribution is -1.98. The molecule has 0 unspecified atom stereocenters. The fourth-order valence-electron chi connectivity index (χ4n) is 1.29. The van der Waals surface area contributed by atoms with E-state index in [0.717, 1.165) is 0 Å². The van der Waals surface area contributed by atoms with Crippen LogP contribution in [0.5, 0.6) is 0 Å². The van der Waals surface area contributed by atoms with Crippen molar-refractivity contribution < 1.29 is 18.0 Å². The number of rotatable bonds is 7. The lowest BCUT2D eigenvalue weighted by atomic mass is 10.5. The molecule has 0 N–H and O–H groups in total. The average molecular weight is 267 g/mol. The molecule has 92 valence electrons. The first-order chi connectivity index (χ1) is 7.63. The Morgan fingerprint density at radius 1 is 1.25 bits per heavy atom. The van der Waals surface area contributed by atoms with Crippen LogP contribution in [0.2, 0.25) is 0 Å². The van der Waals surface area contributed by atoms with Crippen LogP contribution < -0.4 is 0 Å². The molecule has 0 radical (unpaired) electrons. The molecule has 1 aromatic rings. The van der Waals surface area contributed by atoms with Gasteiger partial charge >= 0.3 is 7.60 Å². The molecule has 6 heteroatoms. The van der Waals surface area contributed by atoms with Gasteiger partial charge in [0, 0.05) is 0 Å². The number of furan rings is 1. The third kappa shape index (κ3) is 3.95. The van der Waals surface area contributed by atoms with Gasteiger partial charge in [-0.15, -0.1) is 11.6 Å². The molecule has 0 saturated heterocycles. The van der Waals surface area contributed by atoms with Crippen LogP contribution in [0.3, 0.4) is 0 Å². The molecule has 1 rings (SSSR count). The molecule has 1 heterocycles. The summed E-state index contributed by atoms with van der Waals surface area (Å²) in [5.41, 5.74) is 0. The van der Waals surface area contributed by atoms with E-state index in [2.05, 4.69) is 0 Å². The molecule has 4 nitrogen and oxygen atoms in total. The normalized spacial score (nSPS) is 11.9. The summed E-state index contributed by atoms with van der Waals surface area (Å²) in [6.07, 6.45) is 0.144. The first-order valence-electron chi connectivity index (χ1n) is 5.15. The van der Waals surface area contributed by atoms with Crippen LogP contribution in [-0.2, 0) is 25.7 Å². The van der Waals surface area contributed by atoms with Crippen molar-refractivity contribution in [2.75, 3.05) is 13.2 Å². The molecule has 0 saturated carbocycles. The summed E-state index contributed by atoms with van der Waals surface area (Å²) in [6, 6.07) is 3.49. The molecule has 0 fully saturated rings. The maximum Gasteiger partial charge on any atom is 0.338 e. The predicted molar refractivity (Wildman–Crippen MR) is 62.8 cm³/mol. The summed E-state index contributed by atoms with van der Waals surface area (Å²) in [4.78, 5) is 0. The van der Waals surface area contributed by atoms with Crippen molar-refractivity contribution in [1.29, 1.82) is 0 Å². The standard InChI is InChI=1S/C10H16ClO4P/c1-3-13-16(12,14-4-2)8-10-6-5-9(7-11)15-10/h5-6H,3-4,7-8H2,1-2H3. The second-order valence-corrected chi connectivity index (χ2v) is 5.43. The largest absolute Gasteiger partial charge is 0.464 e. The minimum Gasteiger partial charge on any atom is -0.464 e. The number of halogens is 1. The van der Waals surface area contributed by atoms with E-state index < -0.39 is 7.60 Å². The summed E-state index contributed by atoms with van der Waals surface area (Å²) in [6.45, 7) is 4.25. The van der Waals surface area contributed by atoms with Gasteiger partial charge in [-0.1, -0.05) is 0 Å². The Labute approximate surface area is 100 Å². The van der Waals surface area contributed by atoms with E-state index in [1.807, 2.05) is 0 Å². The molecule has 0 atom stereocenters. The average Bonchev–Trinajstić information content (AvgIpc) is 2.65. The van der Waals surface area contributed by atoms with Crippen LogP contribution in [0.15, 0.2) is 16.5 Å². The van der Waals surface area contributed by atoms with Crippen LogP contribution >= 0.6 is 19.2 Å². The van der Waals surface area contributed by atoms with Crippen molar-refractivity contribution in [3.63, 3.8) is 0 Å². The fourth-order valence-corrected chi connectivity index (χ4v) is 3.03. The van der Waals surface area contributed by atoms with Gasteiger partial charge in [-0.3, -0.25) is 4.57 Å². The highest BCUT2D eigenvalue weighted by Crippen LogP contribution is 2.51. The minimum absolute atomic E-state index is 0.144. The van der Waals surface area contributed by atoms with Gasteiger partial charge in [0.15, 0.2) is 0 Å². The molecule has 16 heavy (non-hydrogen) atoms. The van der Waals surface area contributed by atoms with Crippen LogP contribution in [0.25, 0.3) is 0 Å². The molecule has 1 aromatic heterocycles. The summed E-state index contributed by atoms with van der Waals surface area (Å²) < 4.78 is 27.8. The van der Waals surface area contributed by atoms with E-state index in [-0.39, 0.29) is 6.16 Å². The van der Waals surface area contributed by atoms with Gasteiger partial charge in [0.05, 0.1) is 19.1 Å². The van der Waals surface area contributed by atoms with Gasteiger partial charge in [-0.05, 0) is 26.0 Å². The Kier molecular flexibility index (Phi) is 5.56. The Hall–Kier alpha value is -0.280. The van der Waals surface area contributed by atoms with Crippen molar-refractivity contribution in [3.8, 4) is 0 Å². The number of alkyl halides is 1. The van der Waals surface area contributed by atoms with E-state index in [0.29, 0.717) is 30.6 Å². The van der Waals surface area contributed by atoms with Gasteiger partial charge < -0.3 is 13.5 Å². The van der Waals surface area contributed by atoms with Crippen LogP contribution in [0, 0.1) is 0 Å². The highest BCUT2D eigenvalue weighted by Gasteiger charge is 2.25. The third-order valence-corrected chi connectivity index (χ3v) is 4.12. The first kappa shape index (κ1) is 13.8. The van der Waals surface area contributed by atoms with Gasteiger partial charge in [0.1, 0.15) is 17.7 Å². The zero-order chi connectivity index (χ0) is 12.0. The molecule has 0 aliphatic heterocycles. The maximum atomic E-state index is 12.1. The maximum absolute atomic E-state index is 12.1. The quantitative estimate of drug-likeness (QED) is 0.556. The Morgan fingerprint density at radius 2 is 1.81 bits per heavy atom. The van der Waals surface area contributed by atoms with E-state index in [1.54, 1.807) is 26.0 Å². The SMILES string of the molecule is CCOP(=O)(Cc1ccc(CCl)o1)OCC. The smallest absolute Gasteiger partial charge is 0.338 e. The van der Waals surface area contributed by atoms with E-state index in [1.165, 1.54) is 0 Å². The summed E-state index contributed by atoms with van der Waals surface area (Å²) >= 11 is 5.61. The Balaban J connectivity index is 2.71. The van der Waals surface area contributed by atoms with Crippen LogP contribution in [0.4, 0.5) is 0 Å². The molecule has 0 aromatic carbocycles. The summed E-state index contributed by atoms with van der Waals surface area (Å²) in [5, 5.41) is 0. The molecule has 0 aliphatic carbocycles. The topological polar surface area (TPSA) is 48.7 Å². The van der Waals surface area contributed by atoms with Gasteiger partial charge in [-0.2, -0.15) is 0 Å². The molecule has 0 aliphatic rings. The van der Waals surface area contributed by atoms with Crippen molar-refractivity contribution in [3.05, 3.63) is 23.7 Å². The summed E-state index contributed by atoms with van der Waals surface area (Å²) in [5.74, 6) is 1.52. The predicted octanol–water partition coefficient (Wildman–Crippen LogP) is 3.78. The number of hydrogen-bond donors (Lipinski definition) is 0. The highest BCUT2D eigenvalue weighted by atomic mass is 35.5. The lowest BCUT2D eigenvalue weighted by molar-refractivity contribution is 0.217. The molecule has 0 bridgehead atoms. The van der Waals surface area contributed by atoms with Gasteiger partial charge in [0.2, 0.25) is 0 Å². The monoisotopic (exact) mass is 266 g/mol. The Morgan fingerprint density at radius 3 is 2.25 bits per heavy atom. The van der Waals surface area contributed by atoms with E-state index in [4.69, 9.17) is 25.1 Å². The van der Waals surface area contributed by atoms with E-state index in [9.17, 15) is 4.57 Å². The molecular weight excluding hydrogens is 251 g/mol. The van der Waals surface area contributed by atoms with Crippen molar-refractivity contribution in [2.45, 2.75) is 25.9 Å². The van der Waals surface area contributed by atoms with Crippen LogP contribution in [-0.4, -0.2) is 13.2 Å². The van der Waals surface area contributed by atoms with Gasteiger partial charge in [0.25, 0.3) is 0 Å². The minimum atomic E-state index is -3.08. The van der Waals surface area contributed by atoms with Crippen LogP contribution in [0.1, 0.15) is 25.4 Å². The first-order valence-corrected chi connectivity index (χ1v) is 7.41. The van der Waals surface area contributed by atoms with E-state index >= 15 is 0 Å². The molecule has 0 amide bonds. The second-order valence-electron chi connectivity index (χ2n) is 3.11. The second kappa shape index (κ2) is 6.45. The zero-order valence-electron chi connectivity index (χ0n) is 9.44. The van der Waals surface area contributed by atoms with Crippen molar-refractivity contribution in [2.24, 2.45) is 0 Å². The summed E-state index contributed by atoms with van der Waals surface area (Å²) in [7, 11) is -3.08. The van der Waals surface area contributed by atoms with Crippen molar-refractivity contribution in [1.82, 2.24) is 0 Å². The molecule has 0 spiro atoms. The van der Waals surface area contributed by atoms with Gasteiger partial charge in [-0.25, -0.2) is 0 Å².